The predicted molar refractivity (Wildman–Crippen MR) is 92.5 cm³/mol. The number of carbonyl (C=O) groups excluding carboxylic acids is 1. The highest BCUT2D eigenvalue weighted by Gasteiger charge is 2.41. The van der Waals surface area contributed by atoms with E-state index in [0.717, 1.165) is 0 Å². The number of aromatic nitrogens is 1. The highest BCUT2D eigenvalue weighted by molar-refractivity contribution is 5.89. The third kappa shape index (κ3) is 6.48. The number of carbonyl (C=O) groups is 1. The van der Waals surface area contributed by atoms with Crippen LogP contribution >= 0.6 is 0 Å². The Morgan fingerprint density at radius 2 is 1.85 bits per heavy atom. The SMILES string of the molecule is CC(C)(C)OC(=O)c1ccc(NNC[C@H]2CC[C@H](C(F)(F)F)CC2)nc1. The monoisotopic (exact) mass is 373 g/mol. The zero-order valence-corrected chi connectivity index (χ0v) is 15.3. The summed E-state index contributed by atoms with van der Waals surface area (Å²) < 4.78 is 43.2. The van der Waals surface area contributed by atoms with Crippen molar-refractivity contribution in [2.75, 3.05) is 12.0 Å². The molecule has 0 amide bonds. The van der Waals surface area contributed by atoms with E-state index in [2.05, 4.69) is 15.8 Å². The van der Waals surface area contributed by atoms with Crippen LogP contribution in [-0.2, 0) is 4.74 Å². The molecule has 26 heavy (non-hydrogen) atoms. The number of esters is 1. The van der Waals surface area contributed by atoms with Crippen LogP contribution in [0.1, 0.15) is 56.8 Å². The van der Waals surface area contributed by atoms with Crippen LogP contribution in [0.4, 0.5) is 19.0 Å². The van der Waals surface area contributed by atoms with Gasteiger partial charge in [0.15, 0.2) is 0 Å². The molecule has 1 aromatic rings. The molecule has 5 nitrogen and oxygen atoms in total. The topological polar surface area (TPSA) is 63.2 Å². The Hall–Kier alpha value is -1.83. The second-order valence-corrected chi connectivity index (χ2v) is 7.70. The van der Waals surface area contributed by atoms with Crippen LogP contribution in [0.5, 0.6) is 0 Å². The normalized spacial score (nSPS) is 21.3. The second kappa shape index (κ2) is 8.24. The van der Waals surface area contributed by atoms with Gasteiger partial charge in [0.25, 0.3) is 0 Å². The fraction of sp³-hybridized carbons (Fsp3) is 0.667. The molecule has 1 saturated carbocycles. The number of hydrogen-bond donors (Lipinski definition) is 2. The molecule has 1 aromatic heterocycles. The first-order chi connectivity index (χ1) is 12.0. The number of halogens is 3. The molecular weight excluding hydrogens is 347 g/mol. The minimum absolute atomic E-state index is 0.193. The van der Waals surface area contributed by atoms with Gasteiger partial charge in [-0.3, -0.25) is 0 Å². The van der Waals surface area contributed by atoms with Gasteiger partial charge in [-0.05, 0) is 64.5 Å². The highest BCUT2D eigenvalue weighted by Crippen LogP contribution is 2.39. The number of hydrogen-bond acceptors (Lipinski definition) is 5. The van der Waals surface area contributed by atoms with E-state index in [0.29, 0.717) is 30.8 Å². The van der Waals surface area contributed by atoms with Crippen LogP contribution in [0, 0.1) is 11.8 Å². The minimum atomic E-state index is -4.07. The van der Waals surface area contributed by atoms with Crippen LogP contribution < -0.4 is 10.9 Å². The maximum atomic E-state index is 12.7. The van der Waals surface area contributed by atoms with Gasteiger partial charge in [-0.2, -0.15) is 13.2 Å². The molecule has 146 valence electrons. The van der Waals surface area contributed by atoms with Gasteiger partial charge in [0, 0.05) is 12.7 Å². The first-order valence-corrected chi connectivity index (χ1v) is 8.79. The van der Waals surface area contributed by atoms with E-state index in [-0.39, 0.29) is 18.8 Å². The summed E-state index contributed by atoms with van der Waals surface area (Å²) in [5.41, 5.74) is 5.70. The van der Waals surface area contributed by atoms with Crippen molar-refractivity contribution in [1.29, 1.82) is 0 Å². The Bertz CT molecular complexity index is 589. The summed E-state index contributed by atoms with van der Waals surface area (Å²) in [6.45, 7) is 5.95. The molecule has 0 aromatic carbocycles. The molecule has 8 heteroatoms. The van der Waals surface area contributed by atoms with Gasteiger partial charge in [-0.25, -0.2) is 15.2 Å². The first kappa shape index (κ1) is 20.5. The summed E-state index contributed by atoms with van der Waals surface area (Å²) in [6, 6.07) is 3.26. The Balaban J connectivity index is 1.73. The summed E-state index contributed by atoms with van der Waals surface area (Å²) >= 11 is 0. The number of hydrazine groups is 1. The highest BCUT2D eigenvalue weighted by atomic mass is 19.4. The number of nitrogens with one attached hydrogen (secondary N) is 2. The predicted octanol–water partition coefficient (Wildman–Crippen LogP) is 4.32. The largest absolute Gasteiger partial charge is 0.456 e. The molecule has 1 aliphatic carbocycles. The number of anilines is 1. The van der Waals surface area contributed by atoms with E-state index in [9.17, 15) is 18.0 Å². The molecule has 2 N–H and O–H groups in total. The summed E-state index contributed by atoms with van der Waals surface area (Å²) in [7, 11) is 0. The summed E-state index contributed by atoms with van der Waals surface area (Å²) in [4.78, 5) is 16.0. The fourth-order valence-corrected chi connectivity index (χ4v) is 2.91. The molecule has 0 unspecified atom stereocenters. The lowest BCUT2D eigenvalue weighted by Gasteiger charge is -2.29. The molecule has 1 aliphatic rings. The second-order valence-electron chi connectivity index (χ2n) is 7.70. The molecule has 0 radical (unpaired) electrons. The van der Waals surface area contributed by atoms with E-state index in [1.165, 1.54) is 6.20 Å². The van der Waals surface area contributed by atoms with E-state index >= 15 is 0 Å². The van der Waals surface area contributed by atoms with Crippen molar-refractivity contribution >= 4 is 11.8 Å². The van der Waals surface area contributed by atoms with Crippen molar-refractivity contribution in [3.8, 4) is 0 Å². The molecule has 1 fully saturated rings. The molecule has 0 atom stereocenters. The van der Waals surface area contributed by atoms with Crippen LogP contribution in [0.15, 0.2) is 18.3 Å². The smallest absolute Gasteiger partial charge is 0.391 e. The Labute approximate surface area is 151 Å². The van der Waals surface area contributed by atoms with Gasteiger partial charge in [0.1, 0.15) is 11.4 Å². The van der Waals surface area contributed by atoms with Crippen LogP contribution in [0.3, 0.4) is 0 Å². The number of alkyl halides is 3. The van der Waals surface area contributed by atoms with Crippen LogP contribution in [0.25, 0.3) is 0 Å². The summed E-state index contributed by atoms with van der Waals surface area (Å²) in [5, 5.41) is 0. The van der Waals surface area contributed by atoms with E-state index in [4.69, 9.17) is 4.74 Å². The molecule has 0 bridgehead atoms. The number of nitrogens with zero attached hydrogens (tertiary/aromatic N) is 1. The lowest BCUT2D eigenvalue weighted by molar-refractivity contribution is -0.183. The van der Waals surface area contributed by atoms with Crippen molar-refractivity contribution in [1.82, 2.24) is 10.4 Å². The third-order valence-corrected chi connectivity index (χ3v) is 4.31. The van der Waals surface area contributed by atoms with Gasteiger partial charge in [-0.15, -0.1) is 0 Å². The Kier molecular flexibility index (Phi) is 6.49. The van der Waals surface area contributed by atoms with E-state index in [1.54, 1.807) is 32.9 Å². The molecule has 0 spiro atoms. The van der Waals surface area contributed by atoms with Gasteiger partial charge >= 0.3 is 12.1 Å². The van der Waals surface area contributed by atoms with Gasteiger partial charge in [-0.1, -0.05) is 0 Å². The summed E-state index contributed by atoms with van der Waals surface area (Å²) in [5.74, 6) is -0.858. The number of rotatable bonds is 5. The van der Waals surface area contributed by atoms with Crippen molar-refractivity contribution in [2.24, 2.45) is 11.8 Å². The maximum absolute atomic E-state index is 12.7. The van der Waals surface area contributed by atoms with Crippen molar-refractivity contribution in [3.63, 3.8) is 0 Å². The molecule has 0 saturated heterocycles. The Morgan fingerprint density at radius 1 is 1.19 bits per heavy atom. The zero-order chi connectivity index (χ0) is 19.4. The lowest BCUT2D eigenvalue weighted by atomic mass is 9.82. The molecular formula is C18H26F3N3O2. The third-order valence-electron chi connectivity index (χ3n) is 4.31. The average Bonchev–Trinajstić information content (AvgIpc) is 2.53. The minimum Gasteiger partial charge on any atom is -0.456 e. The van der Waals surface area contributed by atoms with Gasteiger partial charge < -0.3 is 10.2 Å². The number of pyridine rings is 1. The lowest BCUT2D eigenvalue weighted by Crippen LogP contribution is -2.33. The van der Waals surface area contributed by atoms with E-state index in [1.807, 2.05) is 0 Å². The summed E-state index contributed by atoms with van der Waals surface area (Å²) in [6.07, 6.45) is -1.14. The zero-order valence-electron chi connectivity index (χ0n) is 15.3. The van der Waals surface area contributed by atoms with E-state index < -0.39 is 23.7 Å². The van der Waals surface area contributed by atoms with Gasteiger partial charge in [0.2, 0.25) is 0 Å². The quantitative estimate of drug-likeness (QED) is 0.594. The molecule has 2 rings (SSSR count). The standard InChI is InChI=1S/C18H26F3N3O2/c1-17(2,3)26-16(25)13-6-9-15(22-11-13)24-23-10-12-4-7-14(8-5-12)18(19,20)21/h6,9,11-12,14,23H,4-5,7-8,10H2,1-3H3,(H,22,24)/t12-,14-. The van der Waals surface area contributed by atoms with Crippen LogP contribution in [0.2, 0.25) is 0 Å². The van der Waals surface area contributed by atoms with Crippen molar-refractivity contribution < 1.29 is 22.7 Å². The van der Waals surface area contributed by atoms with Crippen LogP contribution in [-0.4, -0.2) is 29.3 Å². The maximum Gasteiger partial charge on any atom is 0.391 e. The average molecular weight is 373 g/mol. The van der Waals surface area contributed by atoms with Crippen molar-refractivity contribution in [3.05, 3.63) is 23.9 Å². The van der Waals surface area contributed by atoms with Gasteiger partial charge in [0.05, 0.1) is 11.5 Å². The van der Waals surface area contributed by atoms with Crippen molar-refractivity contribution in [2.45, 2.75) is 58.2 Å². The molecule has 1 heterocycles. The molecule has 0 aliphatic heterocycles. The number of ether oxygens (including phenoxy) is 1. The first-order valence-electron chi connectivity index (χ1n) is 8.79. The fourth-order valence-electron chi connectivity index (χ4n) is 2.91. The Morgan fingerprint density at radius 3 is 2.35 bits per heavy atom.